The lowest BCUT2D eigenvalue weighted by Crippen LogP contribution is -2.63. The van der Waals surface area contributed by atoms with Crippen LogP contribution in [-0.4, -0.2) is 80.9 Å². The summed E-state index contributed by atoms with van der Waals surface area (Å²) in [5.41, 5.74) is 5.88. The maximum atomic E-state index is 13.9. The van der Waals surface area contributed by atoms with Crippen molar-refractivity contribution in [1.29, 1.82) is 0 Å². The van der Waals surface area contributed by atoms with Crippen molar-refractivity contribution in [1.82, 2.24) is 4.90 Å². The summed E-state index contributed by atoms with van der Waals surface area (Å²) >= 11 is 0. The number of allylic oxidation sites excluding steroid dienone is 1. The van der Waals surface area contributed by atoms with Gasteiger partial charge in [0.25, 0.3) is 5.91 Å². The molecule has 15 heteroatoms. The lowest BCUT2D eigenvalue weighted by Gasteiger charge is -2.48. The number of nitrogens with zero attached hydrogens (tertiary/aromatic N) is 1. The minimum absolute atomic E-state index is 0.0582. The van der Waals surface area contributed by atoms with Crippen molar-refractivity contribution in [3.8, 4) is 11.5 Å². The summed E-state index contributed by atoms with van der Waals surface area (Å²) in [6, 6.07) is -2.13. The molecule has 9 N–H and O–H groups in total. The van der Waals surface area contributed by atoms with Crippen molar-refractivity contribution in [2.45, 2.75) is 43.3 Å². The van der Waals surface area contributed by atoms with E-state index in [9.17, 15) is 48.0 Å². The zero-order valence-corrected chi connectivity index (χ0v) is 21.6. The molecule has 5 aliphatic rings. The van der Waals surface area contributed by atoms with Crippen LogP contribution in [0.4, 0.5) is 18.9 Å². The predicted molar refractivity (Wildman–Crippen MR) is 133 cm³/mol. The second-order valence-electron chi connectivity index (χ2n) is 11.3. The van der Waals surface area contributed by atoms with Gasteiger partial charge in [-0.05, 0) is 44.7 Å². The average Bonchev–Trinajstić information content (AvgIpc) is 3.26. The number of amides is 1. The Morgan fingerprint density at radius 2 is 1.90 bits per heavy atom. The number of phenols is 1. The van der Waals surface area contributed by atoms with Gasteiger partial charge in [0, 0.05) is 35.2 Å². The van der Waals surface area contributed by atoms with Crippen LogP contribution in [0.1, 0.15) is 40.4 Å². The Balaban J connectivity index is 1.58. The molecule has 12 nitrogen and oxygen atoms in total. The zero-order valence-electron chi connectivity index (χ0n) is 21.6. The minimum atomic E-state index is -5.16. The van der Waals surface area contributed by atoms with E-state index in [2.05, 4.69) is 10.1 Å². The third kappa shape index (κ3) is 3.55. The number of carbonyl (C=O) groups excluding carboxylic acids is 3. The summed E-state index contributed by atoms with van der Waals surface area (Å²) in [6.07, 6.45) is -5.20. The lowest BCUT2D eigenvalue weighted by atomic mass is 9.58. The number of primary amides is 1. The first-order chi connectivity index (χ1) is 19.1. The second-order valence-corrected chi connectivity index (χ2v) is 11.3. The highest BCUT2D eigenvalue weighted by atomic mass is 19.4. The molecule has 3 aliphatic carbocycles. The quantitative estimate of drug-likeness (QED) is 0.193. The SMILES string of the molecule is CN1CCC2CNc3c(O)c4c(c(OC(F)(F)F)c3C21)C[C@H]1C[C@H]2[C@H](N)C(O)=C(C(N)=O)C(=O)[C@@]2(O)C(O)=C1C4=O. The van der Waals surface area contributed by atoms with Crippen molar-refractivity contribution >= 4 is 23.2 Å². The molecule has 2 aliphatic heterocycles. The van der Waals surface area contributed by atoms with Gasteiger partial charge in [-0.2, -0.15) is 0 Å². The van der Waals surface area contributed by atoms with Gasteiger partial charge in [-0.15, -0.1) is 13.2 Å². The number of benzene rings is 1. The largest absolute Gasteiger partial charge is 0.573 e. The lowest BCUT2D eigenvalue weighted by molar-refractivity contribution is -0.275. The Morgan fingerprint density at radius 3 is 2.54 bits per heavy atom. The molecule has 0 saturated carbocycles. The normalized spacial score (nSPS) is 33.0. The fraction of sp³-hybridized carbons (Fsp3) is 0.500. The summed E-state index contributed by atoms with van der Waals surface area (Å²) in [6.45, 7) is 0.892. The number of alkyl halides is 3. The number of nitrogens with two attached hydrogens (primary N) is 2. The van der Waals surface area contributed by atoms with Crippen molar-refractivity contribution in [2.75, 3.05) is 25.5 Å². The molecule has 6 rings (SSSR count). The number of likely N-dealkylation sites (tertiary alicyclic amines) is 1. The third-order valence-corrected chi connectivity index (χ3v) is 9.24. The van der Waals surface area contributed by atoms with Gasteiger partial charge in [0.15, 0.2) is 17.1 Å². The van der Waals surface area contributed by atoms with Gasteiger partial charge >= 0.3 is 6.36 Å². The number of aliphatic hydroxyl groups excluding tert-OH is 2. The van der Waals surface area contributed by atoms with E-state index in [1.54, 1.807) is 7.05 Å². The standard InChI is InChI=1S/C26H27F3N4O8/c1-33-3-2-7-6-32-16-13(17(7)33)21(41-26(27,28)29)9-4-8-5-10-15(30)19(35)14(24(31)39)23(38)25(10,40)22(37)11(8)18(34)12(9)20(16)36/h7-8,10,15,17,32,35-37,40H,2-6,30H2,1H3,(H2,31,39)/t7?,8-,10-,15-,17?,25-/m0/s1. The Morgan fingerprint density at radius 1 is 1.22 bits per heavy atom. The molecule has 1 fully saturated rings. The number of ether oxygens (including phenoxy) is 1. The molecule has 2 unspecified atom stereocenters. The maximum Gasteiger partial charge on any atom is 0.573 e. The monoisotopic (exact) mass is 580 g/mol. The highest BCUT2D eigenvalue weighted by molar-refractivity contribution is 6.25. The third-order valence-electron chi connectivity index (χ3n) is 9.24. The van der Waals surface area contributed by atoms with E-state index in [-0.39, 0.29) is 35.6 Å². The second kappa shape index (κ2) is 8.59. The molecule has 1 amide bonds. The molecule has 1 aromatic rings. The number of aliphatic hydroxyl groups is 3. The summed E-state index contributed by atoms with van der Waals surface area (Å²) in [7, 11) is 1.74. The molecule has 0 radical (unpaired) electrons. The number of aromatic hydroxyl groups is 1. The summed E-state index contributed by atoms with van der Waals surface area (Å²) in [5.74, 6) is -10.0. The number of hydrogen-bond donors (Lipinski definition) is 7. The molecule has 6 atom stereocenters. The fourth-order valence-electron chi connectivity index (χ4n) is 7.46. The number of ketones is 2. The Hall–Kier alpha value is -3.82. The summed E-state index contributed by atoms with van der Waals surface area (Å²) in [4.78, 5) is 40.8. The predicted octanol–water partition coefficient (Wildman–Crippen LogP) is 0.835. The zero-order chi connectivity index (χ0) is 29.9. The minimum Gasteiger partial charge on any atom is -0.510 e. The highest BCUT2D eigenvalue weighted by Gasteiger charge is 2.62. The number of Topliss-reactive ketones (excluding diaryl/α,β-unsaturated/α-hetero) is 2. The number of phenolic OH excluding ortho intramolecular Hbond substituents is 1. The van der Waals surface area contributed by atoms with Crippen LogP contribution in [0.25, 0.3) is 0 Å². The van der Waals surface area contributed by atoms with Gasteiger partial charge in [0.05, 0.1) is 17.3 Å². The van der Waals surface area contributed by atoms with Crippen molar-refractivity contribution < 1.29 is 52.7 Å². The molecule has 0 bridgehead atoms. The van der Waals surface area contributed by atoms with Crippen LogP contribution < -0.4 is 21.5 Å². The smallest absolute Gasteiger partial charge is 0.510 e. The first-order valence-corrected chi connectivity index (χ1v) is 12.9. The van der Waals surface area contributed by atoms with E-state index in [0.717, 1.165) is 0 Å². The molecule has 2 heterocycles. The maximum absolute atomic E-state index is 13.9. The van der Waals surface area contributed by atoms with E-state index in [1.165, 1.54) is 0 Å². The Kier molecular flexibility index (Phi) is 5.73. The van der Waals surface area contributed by atoms with Crippen LogP contribution in [0.15, 0.2) is 22.7 Å². The van der Waals surface area contributed by atoms with E-state index >= 15 is 0 Å². The molecular formula is C26H27F3N4O8. The van der Waals surface area contributed by atoms with E-state index in [0.29, 0.717) is 19.5 Å². The van der Waals surface area contributed by atoms with Crippen LogP contribution in [-0.2, 0) is 16.0 Å². The van der Waals surface area contributed by atoms with Crippen LogP contribution in [0.3, 0.4) is 0 Å². The van der Waals surface area contributed by atoms with Gasteiger partial charge in [0.2, 0.25) is 5.78 Å². The molecule has 0 spiro atoms. The van der Waals surface area contributed by atoms with Crippen LogP contribution in [0.5, 0.6) is 11.5 Å². The van der Waals surface area contributed by atoms with Crippen LogP contribution >= 0.6 is 0 Å². The first-order valence-electron chi connectivity index (χ1n) is 12.9. The Labute approximate surface area is 230 Å². The highest BCUT2D eigenvalue weighted by Crippen LogP contribution is 2.58. The van der Waals surface area contributed by atoms with Gasteiger partial charge in [-0.3, -0.25) is 19.3 Å². The van der Waals surface area contributed by atoms with Crippen LogP contribution in [0.2, 0.25) is 0 Å². The Bertz CT molecular complexity index is 1500. The van der Waals surface area contributed by atoms with Gasteiger partial charge in [0.1, 0.15) is 22.8 Å². The topological polar surface area (TPSA) is 209 Å². The molecule has 1 aromatic carbocycles. The number of nitrogens with one attached hydrogen (secondary N) is 1. The van der Waals surface area contributed by atoms with Crippen molar-refractivity contribution in [3.63, 3.8) is 0 Å². The number of fused-ring (bicyclic) bond motifs is 6. The number of rotatable bonds is 2. The molecule has 0 aromatic heterocycles. The number of carbonyl (C=O) groups is 3. The van der Waals surface area contributed by atoms with E-state index in [1.807, 2.05) is 4.90 Å². The van der Waals surface area contributed by atoms with Crippen LogP contribution in [0, 0.1) is 17.8 Å². The molecule has 41 heavy (non-hydrogen) atoms. The molecule has 1 saturated heterocycles. The van der Waals surface area contributed by atoms with E-state index in [4.69, 9.17) is 11.5 Å². The summed E-state index contributed by atoms with van der Waals surface area (Å²) < 4.78 is 46.0. The van der Waals surface area contributed by atoms with Gasteiger partial charge in [-0.1, -0.05) is 0 Å². The number of anilines is 1. The molecule has 220 valence electrons. The summed E-state index contributed by atoms with van der Waals surface area (Å²) in [5, 5.41) is 47.4. The number of hydrogen-bond acceptors (Lipinski definition) is 11. The van der Waals surface area contributed by atoms with E-state index < -0.39 is 93.1 Å². The first kappa shape index (κ1) is 27.4. The average molecular weight is 581 g/mol. The van der Waals surface area contributed by atoms with Gasteiger partial charge < -0.3 is 41.9 Å². The van der Waals surface area contributed by atoms with Gasteiger partial charge in [-0.25, -0.2) is 0 Å². The fourth-order valence-corrected chi connectivity index (χ4v) is 7.46. The van der Waals surface area contributed by atoms with Crippen molar-refractivity contribution in [2.24, 2.45) is 29.2 Å². The number of halogens is 3. The molecular weight excluding hydrogens is 553 g/mol. The van der Waals surface area contributed by atoms with Crippen molar-refractivity contribution in [3.05, 3.63) is 39.4 Å².